The second kappa shape index (κ2) is 6.96. The second-order valence-corrected chi connectivity index (χ2v) is 7.52. The standard InChI is InChI=1S/C18H25NOS/c20-13-4-1-5-16-6-14-21-17(16)15-19-11-9-18(10-12-19)7-2-3-8-18/h6,14,20H,2-4,7-13,15H2. The molecule has 0 amide bonds. The summed E-state index contributed by atoms with van der Waals surface area (Å²) in [6.07, 6.45) is 9.20. The topological polar surface area (TPSA) is 23.5 Å². The van der Waals surface area contributed by atoms with Gasteiger partial charge in [-0.3, -0.25) is 4.90 Å². The van der Waals surface area contributed by atoms with Crippen LogP contribution in [0.25, 0.3) is 0 Å². The molecule has 21 heavy (non-hydrogen) atoms. The van der Waals surface area contributed by atoms with E-state index >= 15 is 0 Å². The third-order valence-corrected chi connectivity index (χ3v) is 6.06. The summed E-state index contributed by atoms with van der Waals surface area (Å²) in [6.45, 7) is 3.71. The van der Waals surface area contributed by atoms with Gasteiger partial charge in [0.1, 0.15) is 0 Å². The maximum Gasteiger partial charge on any atom is 0.0540 e. The Morgan fingerprint density at radius 3 is 2.67 bits per heavy atom. The fourth-order valence-corrected chi connectivity index (χ4v) is 4.67. The average Bonchev–Trinajstić information content (AvgIpc) is 3.13. The molecule has 1 aromatic heterocycles. The molecule has 0 bridgehead atoms. The summed E-state index contributed by atoms with van der Waals surface area (Å²) < 4.78 is 0. The molecule has 0 atom stereocenters. The molecule has 114 valence electrons. The van der Waals surface area contributed by atoms with Gasteiger partial charge in [-0.2, -0.15) is 0 Å². The van der Waals surface area contributed by atoms with Gasteiger partial charge in [-0.25, -0.2) is 0 Å². The zero-order valence-corrected chi connectivity index (χ0v) is 13.6. The Balaban J connectivity index is 1.56. The van der Waals surface area contributed by atoms with Gasteiger partial charge in [-0.1, -0.05) is 24.7 Å². The minimum atomic E-state index is 0.153. The van der Waals surface area contributed by atoms with Crippen molar-refractivity contribution in [2.24, 2.45) is 5.41 Å². The lowest BCUT2D eigenvalue weighted by molar-refractivity contribution is 0.104. The quantitative estimate of drug-likeness (QED) is 0.862. The summed E-state index contributed by atoms with van der Waals surface area (Å²) in [7, 11) is 0. The van der Waals surface area contributed by atoms with Gasteiger partial charge in [-0.15, -0.1) is 11.3 Å². The highest BCUT2D eigenvalue weighted by Crippen LogP contribution is 2.46. The van der Waals surface area contributed by atoms with E-state index in [1.807, 2.05) is 11.3 Å². The Morgan fingerprint density at radius 2 is 1.95 bits per heavy atom. The SMILES string of the molecule is OCCC#Cc1ccsc1CN1CCC2(CCCC2)CC1. The van der Waals surface area contributed by atoms with E-state index in [2.05, 4.69) is 28.2 Å². The van der Waals surface area contributed by atoms with Crippen LogP contribution in [0.1, 0.15) is 55.4 Å². The Labute approximate surface area is 132 Å². The maximum absolute atomic E-state index is 8.82. The third-order valence-electron chi connectivity index (χ3n) is 5.15. The van der Waals surface area contributed by atoms with Crippen molar-refractivity contribution in [1.29, 1.82) is 0 Å². The van der Waals surface area contributed by atoms with E-state index < -0.39 is 0 Å². The number of rotatable bonds is 3. The van der Waals surface area contributed by atoms with E-state index in [0.717, 1.165) is 12.1 Å². The van der Waals surface area contributed by atoms with E-state index in [4.69, 9.17) is 5.11 Å². The molecule has 0 aromatic carbocycles. The molecule has 3 heteroatoms. The molecule has 1 aliphatic heterocycles. The summed E-state index contributed by atoms with van der Waals surface area (Å²) in [5.41, 5.74) is 1.87. The van der Waals surface area contributed by atoms with Crippen molar-refractivity contribution in [3.63, 3.8) is 0 Å². The monoisotopic (exact) mass is 303 g/mol. The van der Waals surface area contributed by atoms with Gasteiger partial charge >= 0.3 is 0 Å². The van der Waals surface area contributed by atoms with Crippen LogP contribution in [0, 0.1) is 17.3 Å². The lowest BCUT2D eigenvalue weighted by atomic mass is 9.77. The van der Waals surface area contributed by atoms with Crippen LogP contribution in [0.15, 0.2) is 11.4 Å². The highest BCUT2D eigenvalue weighted by atomic mass is 32.1. The number of thiophene rings is 1. The molecule has 1 aromatic rings. The van der Waals surface area contributed by atoms with E-state index in [9.17, 15) is 0 Å². The second-order valence-electron chi connectivity index (χ2n) is 6.52. The number of hydrogen-bond donors (Lipinski definition) is 1. The summed E-state index contributed by atoms with van der Waals surface area (Å²) in [6, 6.07) is 2.12. The lowest BCUT2D eigenvalue weighted by Crippen LogP contribution is -2.38. The van der Waals surface area contributed by atoms with Gasteiger partial charge in [0.25, 0.3) is 0 Å². The van der Waals surface area contributed by atoms with Gasteiger partial charge in [0.05, 0.1) is 6.61 Å². The van der Waals surface area contributed by atoms with E-state index in [-0.39, 0.29) is 6.61 Å². The van der Waals surface area contributed by atoms with E-state index in [0.29, 0.717) is 11.8 Å². The molecule has 2 nitrogen and oxygen atoms in total. The fourth-order valence-electron chi connectivity index (χ4n) is 3.80. The zero-order valence-electron chi connectivity index (χ0n) is 12.7. The van der Waals surface area contributed by atoms with Gasteiger partial charge in [0.15, 0.2) is 0 Å². The number of nitrogens with zero attached hydrogens (tertiary/aromatic N) is 1. The van der Waals surface area contributed by atoms with E-state index in [1.165, 1.54) is 56.5 Å². The van der Waals surface area contributed by atoms with Crippen LogP contribution >= 0.6 is 11.3 Å². The number of aliphatic hydroxyl groups excluding tert-OH is 1. The van der Waals surface area contributed by atoms with Crippen LogP contribution in [0.2, 0.25) is 0 Å². The van der Waals surface area contributed by atoms with Crippen LogP contribution in [0.4, 0.5) is 0 Å². The Hall–Kier alpha value is -0.820. The summed E-state index contributed by atoms with van der Waals surface area (Å²) >= 11 is 1.82. The molecule has 0 radical (unpaired) electrons. The Morgan fingerprint density at radius 1 is 1.19 bits per heavy atom. The first kappa shape index (κ1) is 15.1. The highest BCUT2D eigenvalue weighted by Gasteiger charge is 2.36. The van der Waals surface area contributed by atoms with Gasteiger partial charge in [-0.05, 0) is 55.6 Å². The minimum Gasteiger partial charge on any atom is -0.395 e. The molecule has 1 N–H and O–H groups in total. The van der Waals surface area contributed by atoms with Crippen LogP contribution in [0.5, 0.6) is 0 Å². The molecule has 1 spiro atoms. The fraction of sp³-hybridized carbons (Fsp3) is 0.667. The van der Waals surface area contributed by atoms with Crippen LogP contribution in [0.3, 0.4) is 0 Å². The number of likely N-dealkylation sites (tertiary alicyclic amines) is 1. The van der Waals surface area contributed by atoms with Gasteiger partial charge < -0.3 is 5.11 Å². The van der Waals surface area contributed by atoms with E-state index in [1.54, 1.807) is 0 Å². The zero-order chi connectivity index (χ0) is 14.5. The first-order valence-corrected chi connectivity index (χ1v) is 9.08. The predicted octanol–water partition coefficient (Wildman–Crippen LogP) is 3.64. The first-order valence-electron chi connectivity index (χ1n) is 8.20. The first-order chi connectivity index (χ1) is 10.3. The smallest absolute Gasteiger partial charge is 0.0540 e. The van der Waals surface area contributed by atoms with Crippen LogP contribution in [-0.4, -0.2) is 29.7 Å². The molecule has 1 aliphatic carbocycles. The molecule has 1 saturated carbocycles. The molecular formula is C18H25NOS. The highest BCUT2D eigenvalue weighted by molar-refractivity contribution is 7.10. The average molecular weight is 303 g/mol. The van der Waals surface area contributed by atoms with Gasteiger partial charge in [0, 0.05) is 23.4 Å². The minimum absolute atomic E-state index is 0.153. The molecule has 0 unspecified atom stereocenters. The van der Waals surface area contributed by atoms with Crippen LogP contribution < -0.4 is 0 Å². The van der Waals surface area contributed by atoms with Crippen molar-refractivity contribution in [1.82, 2.24) is 4.90 Å². The number of aliphatic hydroxyl groups is 1. The predicted molar refractivity (Wildman–Crippen MR) is 88.3 cm³/mol. The largest absolute Gasteiger partial charge is 0.395 e. The summed E-state index contributed by atoms with van der Waals surface area (Å²) in [5, 5.41) is 11.0. The molecule has 2 heterocycles. The number of hydrogen-bond acceptors (Lipinski definition) is 3. The third kappa shape index (κ3) is 3.69. The van der Waals surface area contributed by atoms with Gasteiger partial charge in [0.2, 0.25) is 0 Å². The lowest BCUT2D eigenvalue weighted by Gasteiger charge is -2.39. The molecule has 2 fully saturated rings. The molecule has 1 saturated heterocycles. The van der Waals surface area contributed by atoms with Crippen molar-refractivity contribution in [3.05, 3.63) is 21.9 Å². The Bertz CT molecular complexity index is 509. The Kier molecular flexibility index (Phi) is 5.00. The normalized spacial score (nSPS) is 21.4. The number of piperidine rings is 1. The molecule has 3 rings (SSSR count). The maximum atomic E-state index is 8.82. The van der Waals surface area contributed by atoms with Crippen molar-refractivity contribution in [2.45, 2.75) is 51.5 Å². The van der Waals surface area contributed by atoms with Crippen molar-refractivity contribution >= 4 is 11.3 Å². The summed E-state index contributed by atoms with van der Waals surface area (Å²) in [4.78, 5) is 4.00. The van der Waals surface area contributed by atoms with Crippen LogP contribution in [-0.2, 0) is 6.54 Å². The molecular weight excluding hydrogens is 278 g/mol. The van der Waals surface area contributed by atoms with Crippen molar-refractivity contribution in [2.75, 3.05) is 19.7 Å². The molecule has 2 aliphatic rings. The van der Waals surface area contributed by atoms with Crippen molar-refractivity contribution in [3.8, 4) is 11.8 Å². The van der Waals surface area contributed by atoms with Crippen molar-refractivity contribution < 1.29 is 5.11 Å². The summed E-state index contributed by atoms with van der Waals surface area (Å²) in [5.74, 6) is 6.25.